The second-order valence-corrected chi connectivity index (χ2v) is 5.08. The minimum absolute atomic E-state index is 0.0163. The number of rotatable bonds is 4. The lowest BCUT2D eigenvalue weighted by Crippen LogP contribution is -2.15. The lowest BCUT2D eigenvalue weighted by atomic mass is 10.2. The van der Waals surface area contributed by atoms with Crippen LogP contribution in [0.5, 0.6) is 0 Å². The first-order valence-electron chi connectivity index (χ1n) is 6.39. The summed E-state index contributed by atoms with van der Waals surface area (Å²) < 4.78 is 46.9. The molecule has 1 saturated heterocycles. The van der Waals surface area contributed by atoms with Crippen LogP contribution < -0.4 is 0 Å². The van der Waals surface area contributed by atoms with Crippen LogP contribution in [0.3, 0.4) is 0 Å². The molecule has 0 N–H and O–H groups in total. The van der Waals surface area contributed by atoms with Crippen molar-refractivity contribution < 1.29 is 22.6 Å². The van der Waals surface area contributed by atoms with E-state index >= 15 is 0 Å². The maximum atomic E-state index is 11.9. The Bertz CT molecular complexity index is 440. The lowest BCUT2D eigenvalue weighted by Gasteiger charge is -2.08. The molecule has 3 rings (SSSR count). The fourth-order valence-corrected chi connectivity index (χ4v) is 2.51. The van der Waals surface area contributed by atoms with Gasteiger partial charge in [0.25, 0.3) is 0 Å². The summed E-state index contributed by atoms with van der Waals surface area (Å²) in [5, 5.41) is 4.23. The van der Waals surface area contributed by atoms with Crippen molar-refractivity contribution in [2.24, 2.45) is 5.92 Å². The van der Waals surface area contributed by atoms with E-state index in [4.69, 9.17) is 4.74 Å². The van der Waals surface area contributed by atoms with Crippen molar-refractivity contribution in [3.8, 4) is 0 Å². The SMILES string of the molecule is FC(F)(F)OC[C@@H]1C[C@H]1c1cnn(C2CCCO2)c1. The van der Waals surface area contributed by atoms with Crippen LogP contribution in [0, 0.1) is 5.92 Å². The van der Waals surface area contributed by atoms with Gasteiger partial charge in [0, 0.05) is 12.8 Å². The van der Waals surface area contributed by atoms with E-state index in [1.54, 1.807) is 10.9 Å². The van der Waals surface area contributed by atoms with Gasteiger partial charge in [-0.05, 0) is 36.7 Å². The summed E-state index contributed by atoms with van der Waals surface area (Å²) in [4.78, 5) is 0. The van der Waals surface area contributed by atoms with Gasteiger partial charge in [0.2, 0.25) is 0 Å². The molecule has 0 aromatic carbocycles. The Labute approximate surface area is 108 Å². The summed E-state index contributed by atoms with van der Waals surface area (Å²) in [5.41, 5.74) is 0.978. The maximum Gasteiger partial charge on any atom is 0.522 e. The van der Waals surface area contributed by atoms with E-state index in [0.717, 1.165) is 31.4 Å². The summed E-state index contributed by atoms with van der Waals surface area (Å²) in [7, 11) is 0. The van der Waals surface area contributed by atoms with Crippen molar-refractivity contribution in [1.29, 1.82) is 0 Å². The monoisotopic (exact) mass is 276 g/mol. The van der Waals surface area contributed by atoms with Crippen LogP contribution in [0.1, 0.15) is 37.0 Å². The third-order valence-electron chi connectivity index (χ3n) is 3.63. The summed E-state index contributed by atoms with van der Waals surface area (Å²) in [6.07, 6.45) is 1.74. The number of halogens is 3. The molecule has 1 aromatic heterocycles. The highest BCUT2D eigenvalue weighted by Crippen LogP contribution is 2.48. The highest BCUT2D eigenvalue weighted by molar-refractivity contribution is 5.20. The number of nitrogens with zero attached hydrogens (tertiary/aromatic N) is 2. The minimum atomic E-state index is -4.53. The molecule has 0 amide bonds. The Hall–Kier alpha value is -1.08. The summed E-state index contributed by atoms with van der Waals surface area (Å²) in [5.74, 6) is 0.0845. The topological polar surface area (TPSA) is 36.3 Å². The molecule has 0 radical (unpaired) electrons. The maximum absolute atomic E-state index is 11.9. The van der Waals surface area contributed by atoms with Gasteiger partial charge in [0.05, 0.1) is 12.8 Å². The van der Waals surface area contributed by atoms with Crippen LogP contribution in [0.15, 0.2) is 12.4 Å². The molecule has 0 spiro atoms. The van der Waals surface area contributed by atoms with Crippen LogP contribution in [0.2, 0.25) is 0 Å². The minimum Gasteiger partial charge on any atom is -0.357 e. The molecule has 1 aliphatic carbocycles. The van der Waals surface area contributed by atoms with Crippen molar-refractivity contribution in [1.82, 2.24) is 9.78 Å². The van der Waals surface area contributed by atoms with E-state index in [9.17, 15) is 13.2 Å². The van der Waals surface area contributed by atoms with Crippen molar-refractivity contribution in [3.05, 3.63) is 18.0 Å². The first-order chi connectivity index (χ1) is 9.03. The van der Waals surface area contributed by atoms with Crippen molar-refractivity contribution >= 4 is 0 Å². The van der Waals surface area contributed by atoms with E-state index in [2.05, 4.69) is 9.84 Å². The molecule has 0 bridgehead atoms. The first-order valence-corrected chi connectivity index (χ1v) is 6.39. The normalized spacial score (nSPS) is 30.8. The Morgan fingerprint density at radius 3 is 3.00 bits per heavy atom. The molecule has 2 aliphatic rings. The molecule has 4 nitrogen and oxygen atoms in total. The molecule has 2 fully saturated rings. The molecule has 7 heteroatoms. The van der Waals surface area contributed by atoms with Gasteiger partial charge >= 0.3 is 6.36 Å². The number of aromatic nitrogens is 2. The van der Waals surface area contributed by atoms with E-state index in [1.165, 1.54) is 0 Å². The van der Waals surface area contributed by atoms with Gasteiger partial charge in [-0.2, -0.15) is 5.10 Å². The van der Waals surface area contributed by atoms with Gasteiger partial charge in [-0.25, -0.2) is 4.68 Å². The molecule has 3 atom stereocenters. The molecule has 2 heterocycles. The van der Waals surface area contributed by atoms with E-state index in [0.29, 0.717) is 0 Å². The van der Waals surface area contributed by atoms with Crippen LogP contribution in [0.4, 0.5) is 13.2 Å². The number of ether oxygens (including phenoxy) is 2. The Balaban J connectivity index is 1.54. The first kappa shape index (κ1) is 12.9. The molecule has 19 heavy (non-hydrogen) atoms. The predicted molar refractivity (Wildman–Crippen MR) is 59.3 cm³/mol. The summed E-state index contributed by atoms with van der Waals surface area (Å²) in [6.45, 7) is 0.477. The molecule has 1 aromatic rings. The third-order valence-corrected chi connectivity index (χ3v) is 3.63. The van der Waals surface area contributed by atoms with Gasteiger partial charge in [-0.15, -0.1) is 13.2 Å². The average molecular weight is 276 g/mol. The molecule has 106 valence electrons. The Morgan fingerprint density at radius 2 is 2.32 bits per heavy atom. The molecular weight excluding hydrogens is 261 g/mol. The zero-order valence-electron chi connectivity index (χ0n) is 10.3. The van der Waals surface area contributed by atoms with Gasteiger partial charge in [0.15, 0.2) is 0 Å². The summed E-state index contributed by atoms with van der Waals surface area (Å²) >= 11 is 0. The highest BCUT2D eigenvalue weighted by atomic mass is 19.4. The summed E-state index contributed by atoms with van der Waals surface area (Å²) in [6, 6.07) is 0. The second-order valence-electron chi connectivity index (χ2n) is 5.08. The predicted octanol–water partition coefficient (Wildman–Crippen LogP) is 2.83. The average Bonchev–Trinajstić information content (AvgIpc) is 2.81. The lowest BCUT2D eigenvalue weighted by molar-refractivity contribution is -0.326. The van der Waals surface area contributed by atoms with Crippen LogP contribution in [-0.4, -0.2) is 29.4 Å². The van der Waals surface area contributed by atoms with Crippen molar-refractivity contribution in [2.45, 2.75) is 37.8 Å². The largest absolute Gasteiger partial charge is 0.522 e. The third kappa shape index (κ3) is 3.09. The quantitative estimate of drug-likeness (QED) is 0.848. The van der Waals surface area contributed by atoms with Gasteiger partial charge in [-0.1, -0.05) is 0 Å². The zero-order chi connectivity index (χ0) is 13.5. The van der Waals surface area contributed by atoms with E-state index < -0.39 is 6.36 Å². The smallest absolute Gasteiger partial charge is 0.357 e. The molecular formula is C12H15F3N2O2. The fraction of sp³-hybridized carbons (Fsp3) is 0.750. The highest BCUT2D eigenvalue weighted by Gasteiger charge is 2.42. The van der Waals surface area contributed by atoms with Gasteiger partial charge < -0.3 is 4.74 Å². The van der Waals surface area contributed by atoms with Crippen LogP contribution >= 0.6 is 0 Å². The van der Waals surface area contributed by atoms with E-state index in [-0.39, 0.29) is 24.7 Å². The zero-order valence-corrected chi connectivity index (χ0v) is 10.3. The van der Waals surface area contributed by atoms with E-state index in [1.807, 2.05) is 6.20 Å². The van der Waals surface area contributed by atoms with Gasteiger partial charge in [0.1, 0.15) is 6.23 Å². The number of alkyl halides is 3. The van der Waals surface area contributed by atoms with Gasteiger partial charge in [-0.3, -0.25) is 4.74 Å². The Morgan fingerprint density at radius 1 is 1.47 bits per heavy atom. The Kier molecular flexibility index (Phi) is 3.26. The number of hydrogen-bond donors (Lipinski definition) is 0. The fourth-order valence-electron chi connectivity index (χ4n) is 2.51. The van der Waals surface area contributed by atoms with Crippen molar-refractivity contribution in [2.75, 3.05) is 13.2 Å². The standard InChI is InChI=1S/C12H15F3N2O2/c13-12(14,15)19-7-8-4-10(8)9-5-16-17(6-9)11-2-1-3-18-11/h5-6,8,10-11H,1-4,7H2/t8-,10+,11?/m0/s1. The molecule has 1 saturated carbocycles. The molecule has 1 aliphatic heterocycles. The van der Waals surface area contributed by atoms with Crippen LogP contribution in [0.25, 0.3) is 0 Å². The second kappa shape index (κ2) is 4.79. The molecule has 1 unspecified atom stereocenters. The van der Waals surface area contributed by atoms with Crippen LogP contribution in [-0.2, 0) is 9.47 Å². The number of hydrogen-bond acceptors (Lipinski definition) is 3. The van der Waals surface area contributed by atoms with Crippen molar-refractivity contribution in [3.63, 3.8) is 0 Å².